The summed E-state index contributed by atoms with van der Waals surface area (Å²) in [4.78, 5) is 2.53. The van der Waals surface area contributed by atoms with E-state index in [-0.39, 0.29) is 5.84 Å². The van der Waals surface area contributed by atoms with Crippen molar-refractivity contribution in [3.63, 3.8) is 0 Å². The molecular formula is C16H23N3. The summed E-state index contributed by atoms with van der Waals surface area (Å²) in [5, 5.41) is 7.78. The molecule has 3 rings (SSSR count). The normalized spacial score (nSPS) is 26.8. The number of nitrogens with zero attached hydrogens (tertiary/aromatic N) is 1. The Bertz CT molecular complexity index is 467. The lowest BCUT2D eigenvalue weighted by Crippen LogP contribution is -2.47. The van der Waals surface area contributed by atoms with Gasteiger partial charge in [-0.15, -0.1) is 0 Å². The first-order valence-electron chi connectivity index (χ1n) is 7.47. The summed E-state index contributed by atoms with van der Waals surface area (Å²) in [5.41, 5.74) is 7.82. The van der Waals surface area contributed by atoms with E-state index >= 15 is 0 Å². The average molecular weight is 257 g/mol. The van der Waals surface area contributed by atoms with Gasteiger partial charge in [0.1, 0.15) is 5.84 Å². The Morgan fingerprint density at radius 1 is 1.11 bits per heavy atom. The number of hydrogen-bond donors (Lipinski definition) is 2. The molecule has 0 aromatic heterocycles. The molecule has 1 heterocycles. The zero-order valence-electron chi connectivity index (χ0n) is 11.4. The monoisotopic (exact) mass is 257 g/mol. The molecule has 3 nitrogen and oxygen atoms in total. The first-order chi connectivity index (χ1) is 9.27. The fourth-order valence-corrected chi connectivity index (χ4v) is 3.88. The predicted molar refractivity (Wildman–Crippen MR) is 79.8 cm³/mol. The van der Waals surface area contributed by atoms with Gasteiger partial charge in [0.05, 0.1) is 0 Å². The summed E-state index contributed by atoms with van der Waals surface area (Å²) >= 11 is 0. The van der Waals surface area contributed by atoms with Gasteiger partial charge < -0.3 is 10.6 Å². The van der Waals surface area contributed by atoms with E-state index in [2.05, 4.69) is 17.0 Å². The molecule has 102 valence electrons. The summed E-state index contributed by atoms with van der Waals surface area (Å²) in [6, 6.07) is 8.82. The molecule has 2 fully saturated rings. The highest BCUT2D eigenvalue weighted by molar-refractivity contribution is 6.00. The number of fused-ring (bicyclic) bond motifs is 1. The van der Waals surface area contributed by atoms with Crippen LogP contribution in [0.5, 0.6) is 0 Å². The molecule has 2 aliphatic rings. The molecular weight excluding hydrogens is 234 g/mol. The van der Waals surface area contributed by atoms with Crippen LogP contribution in [0.25, 0.3) is 0 Å². The van der Waals surface area contributed by atoms with E-state index in [1.165, 1.54) is 44.2 Å². The molecule has 3 heteroatoms. The molecule has 1 aromatic rings. The summed E-state index contributed by atoms with van der Waals surface area (Å²) in [5.74, 6) is 1.04. The van der Waals surface area contributed by atoms with Crippen LogP contribution in [0, 0.1) is 11.3 Å². The zero-order chi connectivity index (χ0) is 13.2. The van der Waals surface area contributed by atoms with Gasteiger partial charge in [0.2, 0.25) is 0 Å². The highest BCUT2D eigenvalue weighted by atomic mass is 15.2. The number of hydrogen-bond acceptors (Lipinski definition) is 2. The van der Waals surface area contributed by atoms with Crippen molar-refractivity contribution in [1.82, 2.24) is 0 Å². The summed E-state index contributed by atoms with van der Waals surface area (Å²) in [6.45, 7) is 1.12. The Labute approximate surface area is 115 Å². The van der Waals surface area contributed by atoms with Crippen LogP contribution in [0.15, 0.2) is 24.3 Å². The number of nitrogens with one attached hydrogen (secondary N) is 1. The minimum absolute atomic E-state index is 0.188. The van der Waals surface area contributed by atoms with Gasteiger partial charge in [-0.1, -0.05) is 25.0 Å². The SMILES string of the molecule is N=C(N)c1ccccc1N1CCC[C@H]2CCCC[C@H]21. The van der Waals surface area contributed by atoms with E-state index in [9.17, 15) is 0 Å². The Balaban J connectivity index is 1.94. The quantitative estimate of drug-likeness (QED) is 0.631. The van der Waals surface area contributed by atoms with Crippen LogP contribution in [0.3, 0.4) is 0 Å². The van der Waals surface area contributed by atoms with E-state index in [1.54, 1.807) is 0 Å². The zero-order valence-corrected chi connectivity index (χ0v) is 11.4. The van der Waals surface area contributed by atoms with Crippen LogP contribution in [0.4, 0.5) is 5.69 Å². The Kier molecular flexibility index (Phi) is 3.45. The number of amidine groups is 1. The van der Waals surface area contributed by atoms with Gasteiger partial charge in [0.25, 0.3) is 0 Å². The average Bonchev–Trinajstić information content (AvgIpc) is 2.46. The lowest BCUT2D eigenvalue weighted by atomic mass is 9.78. The van der Waals surface area contributed by atoms with Crippen molar-refractivity contribution in [2.45, 2.75) is 44.6 Å². The molecule has 0 radical (unpaired) electrons. The van der Waals surface area contributed by atoms with Crippen molar-refractivity contribution in [2.24, 2.45) is 11.7 Å². The summed E-state index contributed by atoms with van der Waals surface area (Å²) < 4.78 is 0. The number of nitrogen functional groups attached to an aromatic ring is 1. The number of benzene rings is 1. The minimum atomic E-state index is 0.188. The van der Waals surface area contributed by atoms with Crippen LogP contribution in [-0.4, -0.2) is 18.4 Å². The Morgan fingerprint density at radius 2 is 1.84 bits per heavy atom. The molecule has 0 spiro atoms. The van der Waals surface area contributed by atoms with Crippen molar-refractivity contribution in [2.75, 3.05) is 11.4 Å². The maximum Gasteiger partial charge on any atom is 0.124 e. The fraction of sp³-hybridized carbons (Fsp3) is 0.562. The van der Waals surface area contributed by atoms with Gasteiger partial charge in [0.15, 0.2) is 0 Å². The molecule has 0 unspecified atom stereocenters. The highest BCUT2D eigenvalue weighted by Crippen LogP contribution is 2.38. The third kappa shape index (κ3) is 2.34. The molecule has 1 aliphatic carbocycles. The van der Waals surface area contributed by atoms with Crippen LogP contribution in [0.1, 0.15) is 44.1 Å². The molecule has 1 saturated heterocycles. The minimum Gasteiger partial charge on any atom is -0.384 e. The molecule has 3 N–H and O–H groups in total. The molecule has 0 bridgehead atoms. The lowest BCUT2D eigenvalue weighted by molar-refractivity contribution is 0.244. The van der Waals surface area contributed by atoms with Crippen molar-refractivity contribution in [3.05, 3.63) is 29.8 Å². The number of anilines is 1. The number of para-hydroxylation sites is 1. The van der Waals surface area contributed by atoms with Crippen molar-refractivity contribution in [3.8, 4) is 0 Å². The van der Waals surface area contributed by atoms with E-state index < -0.39 is 0 Å². The molecule has 0 amide bonds. The van der Waals surface area contributed by atoms with Gasteiger partial charge >= 0.3 is 0 Å². The first-order valence-corrected chi connectivity index (χ1v) is 7.47. The maximum absolute atomic E-state index is 7.78. The van der Waals surface area contributed by atoms with E-state index in [1.807, 2.05) is 12.1 Å². The summed E-state index contributed by atoms with van der Waals surface area (Å²) in [6.07, 6.45) is 8.07. The highest BCUT2D eigenvalue weighted by Gasteiger charge is 2.34. The largest absolute Gasteiger partial charge is 0.384 e. The second kappa shape index (κ2) is 5.24. The topological polar surface area (TPSA) is 53.1 Å². The molecule has 1 saturated carbocycles. The van der Waals surface area contributed by atoms with Gasteiger partial charge in [-0.25, -0.2) is 0 Å². The number of rotatable bonds is 2. The molecule has 2 atom stereocenters. The van der Waals surface area contributed by atoms with E-state index in [4.69, 9.17) is 11.1 Å². The summed E-state index contributed by atoms with van der Waals surface area (Å²) in [7, 11) is 0. The molecule has 19 heavy (non-hydrogen) atoms. The van der Waals surface area contributed by atoms with Gasteiger partial charge in [-0.05, 0) is 43.7 Å². The van der Waals surface area contributed by atoms with E-state index in [0.717, 1.165) is 18.0 Å². The number of piperidine rings is 1. The van der Waals surface area contributed by atoms with Crippen molar-refractivity contribution < 1.29 is 0 Å². The van der Waals surface area contributed by atoms with Crippen LogP contribution < -0.4 is 10.6 Å². The van der Waals surface area contributed by atoms with Crippen molar-refractivity contribution >= 4 is 11.5 Å². The van der Waals surface area contributed by atoms with Gasteiger partial charge in [0, 0.05) is 23.8 Å². The van der Waals surface area contributed by atoms with E-state index in [0.29, 0.717) is 6.04 Å². The maximum atomic E-state index is 7.78. The lowest BCUT2D eigenvalue weighted by Gasteiger charge is -2.46. The first kappa shape index (κ1) is 12.5. The number of nitrogens with two attached hydrogens (primary N) is 1. The van der Waals surface area contributed by atoms with Crippen LogP contribution in [0.2, 0.25) is 0 Å². The second-order valence-electron chi connectivity index (χ2n) is 5.88. The third-order valence-corrected chi connectivity index (χ3v) is 4.75. The van der Waals surface area contributed by atoms with Crippen LogP contribution in [-0.2, 0) is 0 Å². The predicted octanol–water partition coefficient (Wildman–Crippen LogP) is 3.13. The third-order valence-electron chi connectivity index (χ3n) is 4.75. The van der Waals surface area contributed by atoms with Gasteiger partial charge in [-0.3, -0.25) is 5.41 Å². The van der Waals surface area contributed by atoms with Gasteiger partial charge in [-0.2, -0.15) is 0 Å². The van der Waals surface area contributed by atoms with Crippen molar-refractivity contribution in [1.29, 1.82) is 5.41 Å². The Hall–Kier alpha value is -1.51. The standard InChI is InChI=1S/C16H23N3/c17-16(18)13-8-2-4-10-15(13)19-11-5-7-12-6-1-3-9-14(12)19/h2,4,8,10,12,14H,1,3,5-7,9,11H2,(H3,17,18)/t12-,14-/m1/s1. The smallest absolute Gasteiger partial charge is 0.124 e. The molecule has 1 aliphatic heterocycles. The second-order valence-corrected chi connectivity index (χ2v) is 5.88. The fourth-order valence-electron chi connectivity index (χ4n) is 3.88. The van der Waals surface area contributed by atoms with Crippen LogP contribution >= 0.6 is 0 Å². The molecule has 1 aromatic carbocycles. The Morgan fingerprint density at radius 3 is 2.68 bits per heavy atom.